The van der Waals surface area contributed by atoms with Gasteiger partial charge in [0.15, 0.2) is 0 Å². The van der Waals surface area contributed by atoms with Crippen LogP contribution in [0.2, 0.25) is 0 Å². The predicted octanol–water partition coefficient (Wildman–Crippen LogP) is 4.43. The Balaban J connectivity index is 1.92. The van der Waals surface area contributed by atoms with Crippen molar-refractivity contribution in [3.8, 4) is 0 Å². The molecule has 24 heavy (non-hydrogen) atoms. The number of carbonyl (C=O) groups excluding carboxylic acids is 1. The molecule has 0 saturated carbocycles. The zero-order valence-corrected chi connectivity index (χ0v) is 15.7. The molecule has 1 atom stereocenters. The summed E-state index contributed by atoms with van der Waals surface area (Å²) in [6.07, 6.45) is 3.07. The fourth-order valence-electron chi connectivity index (χ4n) is 2.43. The Morgan fingerprint density at radius 3 is 2.21 bits per heavy atom. The number of thioether (sulfide) groups is 1. The van der Waals surface area contributed by atoms with Crippen molar-refractivity contribution in [3.63, 3.8) is 0 Å². The Morgan fingerprint density at radius 2 is 1.67 bits per heavy atom. The molecule has 0 heterocycles. The zero-order valence-electron chi connectivity index (χ0n) is 14.9. The van der Waals surface area contributed by atoms with E-state index in [0.717, 1.165) is 18.7 Å². The SMILES string of the molecule is CCc1ccc(NC(=O)[C@@H](C)N(C)Cc2ccc(SC)cc2)cc1. The maximum absolute atomic E-state index is 12.4. The summed E-state index contributed by atoms with van der Waals surface area (Å²) >= 11 is 1.73. The van der Waals surface area contributed by atoms with Crippen molar-refractivity contribution >= 4 is 23.4 Å². The smallest absolute Gasteiger partial charge is 0.241 e. The van der Waals surface area contributed by atoms with E-state index in [1.807, 2.05) is 26.1 Å². The molecule has 1 N–H and O–H groups in total. The summed E-state index contributed by atoms with van der Waals surface area (Å²) < 4.78 is 0. The van der Waals surface area contributed by atoms with Crippen LogP contribution >= 0.6 is 11.8 Å². The fraction of sp³-hybridized carbons (Fsp3) is 0.350. The van der Waals surface area contributed by atoms with E-state index in [0.29, 0.717) is 0 Å². The molecule has 2 aromatic rings. The van der Waals surface area contributed by atoms with Crippen LogP contribution in [0.15, 0.2) is 53.4 Å². The van der Waals surface area contributed by atoms with Crippen molar-refractivity contribution in [3.05, 3.63) is 59.7 Å². The summed E-state index contributed by atoms with van der Waals surface area (Å²) in [4.78, 5) is 15.8. The normalized spacial score (nSPS) is 12.2. The van der Waals surface area contributed by atoms with Crippen LogP contribution in [0.1, 0.15) is 25.0 Å². The van der Waals surface area contributed by atoms with E-state index in [2.05, 4.69) is 59.8 Å². The van der Waals surface area contributed by atoms with Crippen LogP contribution in [0, 0.1) is 0 Å². The zero-order chi connectivity index (χ0) is 17.5. The van der Waals surface area contributed by atoms with E-state index < -0.39 is 0 Å². The molecule has 0 bridgehead atoms. The van der Waals surface area contributed by atoms with Crippen LogP contribution in [0.25, 0.3) is 0 Å². The van der Waals surface area contributed by atoms with Gasteiger partial charge in [-0.3, -0.25) is 9.69 Å². The lowest BCUT2D eigenvalue weighted by atomic mass is 10.1. The summed E-state index contributed by atoms with van der Waals surface area (Å²) in [6, 6.07) is 16.3. The van der Waals surface area contributed by atoms with Crippen molar-refractivity contribution in [2.45, 2.75) is 37.8 Å². The molecule has 0 spiro atoms. The Morgan fingerprint density at radius 1 is 1.08 bits per heavy atom. The lowest BCUT2D eigenvalue weighted by Gasteiger charge is -2.24. The standard InChI is InChI=1S/C20H26N2OS/c1-5-16-6-10-18(11-7-16)21-20(23)15(2)22(3)14-17-8-12-19(24-4)13-9-17/h6-13,15H,5,14H2,1-4H3,(H,21,23)/t15-/m1/s1. The van der Waals surface area contributed by atoms with Crippen LogP contribution in [0.5, 0.6) is 0 Å². The van der Waals surface area contributed by atoms with Crippen LogP contribution in [-0.2, 0) is 17.8 Å². The average Bonchev–Trinajstić information content (AvgIpc) is 2.62. The minimum Gasteiger partial charge on any atom is -0.325 e. The molecule has 0 fully saturated rings. The minimum atomic E-state index is -0.198. The Bertz CT molecular complexity index is 652. The number of nitrogens with zero attached hydrogens (tertiary/aromatic N) is 1. The third-order valence-corrected chi connectivity index (χ3v) is 5.00. The Kier molecular flexibility index (Phi) is 6.88. The number of rotatable bonds is 7. The highest BCUT2D eigenvalue weighted by atomic mass is 32.2. The van der Waals surface area contributed by atoms with E-state index >= 15 is 0 Å². The van der Waals surface area contributed by atoms with Crippen molar-refractivity contribution in [2.75, 3.05) is 18.6 Å². The molecule has 1 amide bonds. The first-order valence-electron chi connectivity index (χ1n) is 8.26. The number of amides is 1. The highest BCUT2D eigenvalue weighted by Crippen LogP contribution is 2.16. The largest absolute Gasteiger partial charge is 0.325 e. The van der Waals surface area contributed by atoms with Gasteiger partial charge in [0.05, 0.1) is 6.04 Å². The molecule has 0 aliphatic rings. The molecule has 0 unspecified atom stereocenters. The van der Waals surface area contributed by atoms with E-state index in [4.69, 9.17) is 0 Å². The highest BCUT2D eigenvalue weighted by Gasteiger charge is 2.18. The first-order valence-corrected chi connectivity index (χ1v) is 9.49. The molecule has 4 heteroatoms. The molecule has 3 nitrogen and oxygen atoms in total. The topological polar surface area (TPSA) is 32.3 Å². The Hall–Kier alpha value is -1.78. The lowest BCUT2D eigenvalue weighted by molar-refractivity contribution is -0.120. The van der Waals surface area contributed by atoms with Crippen LogP contribution in [-0.4, -0.2) is 30.2 Å². The molecule has 0 aromatic heterocycles. The number of anilines is 1. The molecule has 2 aromatic carbocycles. The summed E-state index contributed by atoms with van der Waals surface area (Å²) in [5, 5.41) is 2.99. The fourth-order valence-corrected chi connectivity index (χ4v) is 2.83. The van der Waals surface area contributed by atoms with Gasteiger partial charge >= 0.3 is 0 Å². The number of nitrogens with one attached hydrogen (secondary N) is 1. The van der Waals surface area contributed by atoms with Crippen LogP contribution < -0.4 is 5.32 Å². The van der Waals surface area contributed by atoms with Crippen LogP contribution in [0.3, 0.4) is 0 Å². The predicted molar refractivity (Wildman–Crippen MR) is 104 cm³/mol. The first-order chi connectivity index (χ1) is 11.5. The van der Waals surface area contributed by atoms with Crippen LogP contribution in [0.4, 0.5) is 5.69 Å². The maximum atomic E-state index is 12.4. The summed E-state index contributed by atoms with van der Waals surface area (Å²) in [5.41, 5.74) is 3.33. The molecule has 0 saturated heterocycles. The van der Waals surface area contributed by atoms with Gasteiger partial charge in [-0.2, -0.15) is 0 Å². The second-order valence-corrected chi connectivity index (χ2v) is 6.86. The van der Waals surface area contributed by atoms with Gasteiger partial charge in [0.2, 0.25) is 5.91 Å². The number of carbonyl (C=O) groups is 1. The number of hydrogen-bond donors (Lipinski definition) is 1. The highest BCUT2D eigenvalue weighted by molar-refractivity contribution is 7.98. The number of aryl methyl sites for hydroxylation is 1. The molecule has 128 valence electrons. The van der Waals surface area contributed by atoms with Crippen molar-refractivity contribution in [1.29, 1.82) is 0 Å². The molecule has 2 rings (SSSR count). The van der Waals surface area contributed by atoms with Gasteiger partial charge in [0.25, 0.3) is 0 Å². The van der Waals surface area contributed by atoms with Gasteiger partial charge in [0.1, 0.15) is 0 Å². The van der Waals surface area contributed by atoms with Gasteiger partial charge in [-0.15, -0.1) is 11.8 Å². The van der Waals surface area contributed by atoms with E-state index in [1.165, 1.54) is 16.0 Å². The molecule has 0 radical (unpaired) electrons. The summed E-state index contributed by atoms with van der Waals surface area (Å²) in [7, 11) is 1.98. The monoisotopic (exact) mass is 342 g/mol. The molecule has 0 aliphatic heterocycles. The third-order valence-electron chi connectivity index (χ3n) is 4.26. The summed E-state index contributed by atoms with van der Waals surface area (Å²) in [5.74, 6) is 0.0162. The average molecular weight is 343 g/mol. The van der Waals surface area contributed by atoms with Gasteiger partial charge in [0, 0.05) is 17.1 Å². The van der Waals surface area contributed by atoms with Crippen molar-refractivity contribution in [1.82, 2.24) is 4.90 Å². The van der Waals surface area contributed by atoms with Gasteiger partial charge in [-0.1, -0.05) is 31.2 Å². The van der Waals surface area contributed by atoms with Crippen molar-refractivity contribution < 1.29 is 4.79 Å². The van der Waals surface area contributed by atoms with E-state index in [-0.39, 0.29) is 11.9 Å². The van der Waals surface area contributed by atoms with Gasteiger partial charge in [-0.05, 0) is 62.0 Å². The van der Waals surface area contributed by atoms with E-state index in [9.17, 15) is 4.79 Å². The number of benzene rings is 2. The lowest BCUT2D eigenvalue weighted by Crippen LogP contribution is -2.39. The summed E-state index contributed by atoms with van der Waals surface area (Å²) in [6.45, 7) is 4.81. The second kappa shape index (κ2) is 8.90. The van der Waals surface area contributed by atoms with Crippen molar-refractivity contribution in [2.24, 2.45) is 0 Å². The van der Waals surface area contributed by atoms with Gasteiger partial charge < -0.3 is 5.32 Å². The van der Waals surface area contributed by atoms with Gasteiger partial charge in [-0.25, -0.2) is 0 Å². The van der Waals surface area contributed by atoms with E-state index in [1.54, 1.807) is 11.8 Å². The quantitative estimate of drug-likeness (QED) is 0.756. The number of hydrogen-bond acceptors (Lipinski definition) is 3. The molecule has 0 aliphatic carbocycles. The maximum Gasteiger partial charge on any atom is 0.241 e. The Labute approximate surface area is 149 Å². The molecular formula is C20H26N2OS. The number of likely N-dealkylation sites (N-methyl/N-ethyl adjacent to an activating group) is 1. The minimum absolute atomic E-state index is 0.0162. The second-order valence-electron chi connectivity index (χ2n) is 5.98. The first kappa shape index (κ1) is 18.6. The molecular weight excluding hydrogens is 316 g/mol. The third kappa shape index (κ3) is 5.11.